The van der Waals surface area contributed by atoms with Gasteiger partial charge in [-0.1, -0.05) is 18.2 Å². The van der Waals surface area contributed by atoms with Gasteiger partial charge < -0.3 is 18.9 Å². The van der Waals surface area contributed by atoms with Crippen LogP contribution < -0.4 is 14.2 Å². The van der Waals surface area contributed by atoms with Crippen molar-refractivity contribution in [3.63, 3.8) is 0 Å². The van der Waals surface area contributed by atoms with Crippen molar-refractivity contribution in [2.24, 2.45) is 0 Å². The van der Waals surface area contributed by atoms with Gasteiger partial charge in [0, 0.05) is 49.6 Å². The average Bonchev–Trinajstić information content (AvgIpc) is 2.88. The lowest BCUT2D eigenvalue weighted by Crippen LogP contribution is -2.38. The minimum Gasteiger partial charge on any atom is -0.493 e. The molecule has 0 unspecified atom stereocenters. The van der Waals surface area contributed by atoms with Crippen LogP contribution >= 0.6 is 0 Å². The predicted octanol–water partition coefficient (Wildman–Crippen LogP) is 4.50. The summed E-state index contributed by atoms with van der Waals surface area (Å²) in [6, 6.07) is 14.9. The summed E-state index contributed by atoms with van der Waals surface area (Å²) in [6.45, 7) is 6.15. The summed E-state index contributed by atoms with van der Waals surface area (Å²) in [7, 11) is 1.61. The van der Waals surface area contributed by atoms with Gasteiger partial charge in [0.05, 0.1) is 31.4 Å². The molecule has 0 atom stereocenters. The third kappa shape index (κ3) is 5.03. The van der Waals surface area contributed by atoms with Crippen LogP contribution in [0.1, 0.15) is 17.4 Å². The number of nitrogens with zero attached hydrogens (tertiary/aromatic N) is 3. The van der Waals surface area contributed by atoms with Crippen molar-refractivity contribution in [2.75, 3.05) is 46.6 Å². The lowest BCUT2D eigenvalue weighted by Gasteiger charge is -2.26. The molecule has 0 saturated carbocycles. The van der Waals surface area contributed by atoms with E-state index >= 15 is 0 Å². The number of para-hydroxylation sites is 1. The van der Waals surface area contributed by atoms with Gasteiger partial charge in [0.15, 0.2) is 23.0 Å². The Morgan fingerprint density at radius 1 is 1.00 bits per heavy atom. The van der Waals surface area contributed by atoms with E-state index in [1.54, 1.807) is 19.4 Å². The summed E-state index contributed by atoms with van der Waals surface area (Å²) in [6.07, 6.45) is 1.67. The number of carbonyl (C=O) groups is 1. The third-order valence-electron chi connectivity index (χ3n) is 6.00. The number of pyridine rings is 2. The van der Waals surface area contributed by atoms with Crippen LogP contribution in [0.4, 0.5) is 0 Å². The second kappa shape index (κ2) is 10.2. The van der Waals surface area contributed by atoms with Crippen LogP contribution in [0.15, 0.2) is 54.7 Å². The second-order valence-corrected chi connectivity index (χ2v) is 8.32. The fraction of sp³-hybridized carbons (Fsp3) is 0.296. The molecule has 0 amide bonds. The Labute approximate surface area is 203 Å². The number of benzene rings is 2. The molecule has 1 aliphatic rings. The summed E-state index contributed by atoms with van der Waals surface area (Å²) >= 11 is 0. The van der Waals surface area contributed by atoms with Gasteiger partial charge in [0.1, 0.15) is 18.1 Å². The Bertz CT molecular complexity index is 1370. The first-order valence-electron chi connectivity index (χ1n) is 11.6. The first kappa shape index (κ1) is 23.0. The molecule has 1 saturated heterocycles. The molecule has 2 aromatic carbocycles. The van der Waals surface area contributed by atoms with E-state index in [1.165, 1.54) is 6.92 Å². The Kier molecular flexibility index (Phi) is 6.74. The largest absolute Gasteiger partial charge is 0.493 e. The van der Waals surface area contributed by atoms with Crippen molar-refractivity contribution in [1.82, 2.24) is 14.9 Å². The number of hydrogen-bond donors (Lipinski definition) is 0. The quantitative estimate of drug-likeness (QED) is 0.346. The lowest BCUT2D eigenvalue weighted by molar-refractivity contribution is 0.0321. The molecule has 0 aliphatic carbocycles. The predicted molar refractivity (Wildman–Crippen MR) is 133 cm³/mol. The van der Waals surface area contributed by atoms with Gasteiger partial charge in [-0.15, -0.1) is 0 Å². The summed E-state index contributed by atoms with van der Waals surface area (Å²) in [5, 5.41) is 1.63. The zero-order chi connectivity index (χ0) is 24.2. The molecule has 0 N–H and O–H groups in total. The Balaban J connectivity index is 1.44. The number of carbonyl (C=O) groups excluding carboxylic acids is 1. The van der Waals surface area contributed by atoms with E-state index < -0.39 is 0 Å². The molecule has 5 rings (SSSR count). The summed E-state index contributed by atoms with van der Waals surface area (Å²) < 4.78 is 23.3. The number of methoxy groups -OCH3 is 1. The molecule has 180 valence electrons. The molecule has 8 heteroatoms. The SMILES string of the molecule is COc1cc2c(Oc3cc4ccccc4nc3C(C)=O)ccnc2cc1OCCN1CCOCC1. The molecule has 3 heterocycles. The zero-order valence-electron chi connectivity index (χ0n) is 19.8. The Morgan fingerprint density at radius 2 is 1.83 bits per heavy atom. The van der Waals surface area contributed by atoms with Crippen molar-refractivity contribution >= 4 is 27.6 Å². The highest BCUT2D eigenvalue weighted by Gasteiger charge is 2.17. The lowest BCUT2D eigenvalue weighted by atomic mass is 10.1. The first-order valence-corrected chi connectivity index (χ1v) is 11.6. The van der Waals surface area contributed by atoms with Crippen LogP contribution in [-0.4, -0.2) is 67.2 Å². The number of Topliss-reactive ketones (excluding diaryl/α,β-unsaturated/α-hetero) is 1. The number of ether oxygens (including phenoxy) is 4. The van der Waals surface area contributed by atoms with E-state index in [0.717, 1.165) is 49.1 Å². The van der Waals surface area contributed by atoms with Crippen LogP contribution in [-0.2, 0) is 4.74 Å². The van der Waals surface area contributed by atoms with Crippen molar-refractivity contribution in [3.05, 3.63) is 60.4 Å². The zero-order valence-corrected chi connectivity index (χ0v) is 19.8. The standard InChI is InChI=1S/C27H27N3O5/c1-18(31)27-26(15-19-5-3-4-6-21(19)29-27)35-23-7-8-28-22-17-25(24(32-2)16-20(22)23)34-14-11-30-9-12-33-13-10-30/h3-8,15-17H,9-14H2,1-2H3. The molecule has 8 nitrogen and oxygen atoms in total. The molecule has 0 radical (unpaired) electrons. The van der Waals surface area contributed by atoms with Gasteiger partial charge in [-0.3, -0.25) is 14.7 Å². The highest BCUT2D eigenvalue weighted by molar-refractivity contribution is 5.98. The van der Waals surface area contributed by atoms with Crippen LogP contribution in [0.25, 0.3) is 21.8 Å². The molecular weight excluding hydrogens is 446 g/mol. The van der Waals surface area contributed by atoms with Crippen molar-refractivity contribution in [3.8, 4) is 23.0 Å². The number of fused-ring (bicyclic) bond motifs is 2. The highest BCUT2D eigenvalue weighted by atomic mass is 16.5. The molecular formula is C27H27N3O5. The molecule has 35 heavy (non-hydrogen) atoms. The average molecular weight is 474 g/mol. The summed E-state index contributed by atoms with van der Waals surface area (Å²) in [5.41, 5.74) is 1.72. The molecule has 2 aromatic heterocycles. The summed E-state index contributed by atoms with van der Waals surface area (Å²) in [5.74, 6) is 1.98. The number of morpholine rings is 1. The fourth-order valence-electron chi connectivity index (χ4n) is 4.14. The van der Waals surface area contributed by atoms with E-state index in [1.807, 2.05) is 42.5 Å². The molecule has 1 fully saturated rings. The van der Waals surface area contributed by atoms with Gasteiger partial charge in [0.2, 0.25) is 0 Å². The van der Waals surface area contributed by atoms with Gasteiger partial charge in [0.25, 0.3) is 0 Å². The smallest absolute Gasteiger partial charge is 0.181 e. The van der Waals surface area contributed by atoms with Crippen LogP contribution in [0.2, 0.25) is 0 Å². The molecule has 0 spiro atoms. The van der Waals surface area contributed by atoms with Crippen LogP contribution in [0.3, 0.4) is 0 Å². The summed E-state index contributed by atoms with van der Waals surface area (Å²) in [4.78, 5) is 23.7. The van der Waals surface area contributed by atoms with E-state index in [9.17, 15) is 4.79 Å². The minimum absolute atomic E-state index is 0.169. The number of hydrogen-bond acceptors (Lipinski definition) is 8. The first-order chi connectivity index (χ1) is 17.1. The second-order valence-electron chi connectivity index (χ2n) is 8.32. The number of rotatable bonds is 8. The van der Waals surface area contributed by atoms with Crippen LogP contribution in [0.5, 0.6) is 23.0 Å². The van der Waals surface area contributed by atoms with Crippen molar-refractivity contribution in [2.45, 2.75) is 6.92 Å². The van der Waals surface area contributed by atoms with Crippen molar-refractivity contribution < 1.29 is 23.7 Å². The molecule has 0 bridgehead atoms. The monoisotopic (exact) mass is 473 g/mol. The highest BCUT2D eigenvalue weighted by Crippen LogP contribution is 2.38. The van der Waals surface area contributed by atoms with E-state index in [0.29, 0.717) is 35.1 Å². The third-order valence-corrected chi connectivity index (χ3v) is 6.00. The maximum absolute atomic E-state index is 12.3. The van der Waals surface area contributed by atoms with Crippen LogP contribution in [0, 0.1) is 0 Å². The van der Waals surface area contributed by atoms with E-state index in [4.69, 9.17) is 18.9 Å². The minimum atomic E-state index is -0.169. The normalized spacial score (nSPS) is 14.2. The molecule has 4 aromatic rings. The van der Waals surface area contributed by atoms with Crippen molar-refractivity contribution in [1.29, 1.82) is 0 Å². The Morgan fingerprint density at radius 3 is 2.63 bits per heavy atom. The maximum Gasteiger partial charge on any atom is 0.181 e. The fourth-order valence-corrected chi connectivity index (χ4v) is 4.14. The molecule has 1 aliphatic heterocycles. The van der Waals surface area contributed by atoms with E-state index in [2.05, 4.69) is 14.9 Å². The maximum atomic E-state index is 12.3. The number of aromatic nitrogens is 2. The van der Waals surface area contributed by atoms with Gasteiger partial charge in [-0.25, -0.2) is 4.98 Å². The number of ketones is 1. The van der Waals surface area contributed by atoms with Gasteiger partial charge in [-0.2, -0.15) is 0 Å². The van der Waals surface area contributed by atoms with Gasteiger partial charge in [-0.05, 0) is 24.3 Å². The topological polar surface area (TPSA) is 83.0 Å². The Hall–Kier alpha value is -3.75. The van der Waals surface area contributed by atoms with Gasteiger partial charge >= 0.3 is 0 Å². The van der Waals surface area contributed by atoms with E-state index in [-0.39, 0.29) is 11.5 Å².